The molecule has 1 radical (unpaired) electrons. The van der Waals surface area contributed by atoms with E-state index in [1.54, 1.807) is 0 Å². The van der Waals surface area contributed by atoms with Crippen molar-refractivity contribution in [1.82, 2.24) is 0 Å². The van der Waals surface area contributed by atoms with E-state index in [9.17, 15) is 0 Å². The summed E-state index contributed by atoms with van der Waals surface area (Å²) >= 11 is 0. The maximum absolute atomic E-state index is 2.42. The first-order valence-electron chi connectivity index (χ1n) is 14.5. The number of nitrogens with zero attached hydrogens (tertiary/aromatic N) is 1. The molecule has 1 nitrogen and oxygen atoms in total. The summed E-state index contributed by atoms with van der Waals surface area (Å²) in [6.07, 6.45) is 13.9. The molecular formula is C37H38Cl2NSiZr. The number of halogens is 2. The van der Waals surface area contributed by atoms with Crippen LogP contribution >= 0.6 is 0 Å². The molecule has 4 aromatic carbocycles. The largest absolute Gasteiger partial charge is 3.00 e. The average Bonchev–Trinajstić information content (AvgIpc) is 3.68. The van der Waals surface area contributed by atoms with Gasteiger partial charge in [-0.2, -0.15) is 0 Å². The van der Waals surface area contributed by atoms with E-state index < -0.39 is 0 Å². The quantitative estimate of drug-likeness (QED) is 0.234. The van der Waals surface area contributed by atoms with Gasteiger partial charge in [-0.3, -0.25) is 0 Å². The molecule has 0 bridgehead atoms. The number of anilines is 1. The van der Waals surface area contributed by atoms with E-state index in [1.165, 1.54) is 82.1 Å². The van der Waals surface area contributed by atoms with Crippen LogP contribution in [0.1, 0.15) is 43.6 Å². The zero-order valence-corrected chi connectivity index (χ0v) is 29.5. The second-order valence-corrected chi connectivity index (χ2v) is 13.8. The molecule has 0 amide bonds. The van der Waals surface area contributed by atoms with E-state index in [-0.39, 0.29) is 59.4 Å². The summed E-state index contributed by atoms with van der Waals surface area (Å²) in [5, 5.41) is 2.67. The molecule has 2 aliphatic carbocycles. The molecule has 0 aromatic heterocycles. The number of fused-ring (bicyclic) bond motifs is 2. The van der Waals surface area contributed by atoms with Gasteiger partial charge in [0, 0.05) is 26.3 Å². The summed E-state index contributed by atoms with van der Waals surface area (Å²) in [5.41, 5.74) is 12.0. The van der Waals surface area contributed by atoms with Gasteiger partial charge in [-0.05, 0) is 59.8 Å². The van der Waals surface area contributed by atoms with Gasteiger partial charge in [0.1, 0.15) is 0 Å². The zero-order chi connectivity index (χ0) is 26.6. The Morgan fingerprint density at radius 3 is 2.19 bits per heavy atom. The van der Waals surface area contributed by atoms with Crippen molar-refractivity contribution in [3.63, 3.8) is 0 Å². The summed E-state index contributed by atoms with van der Waals surface area (Å²) in [6, 6.07) is 33.1. The van der Waals surface area contributed by atoms with Gasteiger partial charge < -0.3 is 29.7 Å². The average molecular weight is 687 g/mol. The SMILES string of the molecule is C[Si](C)=CC1=CC2=CCN(c3ccccc3)C2=C1.[Cl-].[Cl-].[Zr+3].c1ccc2[cH-]c(-c3ccc(C4CCCCC4)cc3)cc2c1. The normalized spacial score (nSPS) is 15.5. The van der Waals surface area contributed by atoms with Crippen molar-refractivity contribution >= 4 is 30.5 Å². The van der Waals surface area contributed by atoms with Crippen LogP contribution in [0.15, 0.2) is 126 Å². The second-order valence-electron chi connectivity index (χ2n) is 11.3. The molecule has 42 heavy (non-hydrogen) atoms. The summed E-state index contributed by atoms with van der Waals surface area (Å²) in [4.78, 5) is 2.38. The molecule has 0 atom stereocenters. The fraction of sp³-hybridized carbons (Fsp3) is 0.243. The standard InChI is InChI=1S/C21H21.C16H17NSi.2ClH.Zr/c1-2-6-16(7-3-1)17-10-12-18(13-11-17)21-14-19-8-4-5-9-20(19)15-21;1-18(2)12-13-10-14-8-9-17(16(14)11-13)15-6-4-3-5-7-15;;;/h4-5,8-16H,1-3,6-7H2;3-8,10-12H,9H2,1-2H3;2*1H;/q-1;;;;+3/p-2. The number of benzene rings is 3. The number of allylic oxidation sites excluding steroid dienone is 3. The van der Waals surface area contributed by atoms with E-state index in [4.69, 9.17) is 0 Å². The molecule has 1 heterocycles. The molecule has 3 aliphatic rings. The molecule has 0 N–H and O–H groups in total. The molecular weight excluding hydrogens is 649 g/mol. The predicted molar refractivity (Wildman–Crippen MR) is 172 cm³/mol. The molecule has 1 fully saturated rings. The molecule has 1 saturated carbocycles. The predicted octanol–water partition coefficient (Wildman–Crippen LogP) is 3.67. The summed E-state index contributed by atoms with van der Waals surface area (Å²) < 4.78 is 0. The molecule has 4 aromatic rings. The van der Waals surface area contributed by atoms with Gasteiger partial charge in [-0.1, -0.05) is 110 Å². The maximum Gasteiger partial charge on any atom is 3.00 e. The van der Waals surface area contributed by atoms with E-state index >= 15 is 0 Å². The molecule has 213 valence electrons. The van der Waals surface area contributed by atoms with Crippen LogP contribution in [0.2, 0.25) is 13.1 Å². The number of para-hydroxylation sites is 1. The third kappa shape index (κ3) is 8.06. The first kappa shape index (κ1) is 34.3. The van der Waals surface area contributed by atoms with Crippen molar-refractivity contribution in [3.05, 3.63) is 132 Å². The van der Waals surface area contributed by atoms with Crippen molar-refractivity contribution in [2.24, 2.45) is 0 Å². The van der Waals surface area contributed by atoms with E-state index in [0.29, 0.717) is 0 Å². The Hall–Kier alpha value is -2.16. The molecule has 0 spiro atoms. The number of hydrogen-bond donors (Lipinski definition) is 0. The third-order valence-electron chi connectivity index (χ3n) is 8.17. The molecule has 1 aliphatic heterocycles. The smallest absolute Gasteiger partial charge is 1.00 e. The summed E-state index contributed by atoms with van der Waals surface area (Å²) in [6.45, 7) is 5.63. The number of rotatable bonds is 4. The van der Waals surface area contributed by atoms with Crippen molar-refractivity contribution in [2.45, 2.75) is 51.1 Å². The van der Waals surface area contributed by atoms with Crippen LogP contribution in [0.3, 0.4) is 0 Å². The van der Waals surface area contributed by atoms with Crippen LogP contribution in [0, 0.1) is 0 Å². The summed E-state index contributed by atoms with van der Waals surface area (Å²) in [5.74, 6) is 0.798. The van der Waals surface area contributed by atoms with Gasteiger partial charge in [0.05, 0.1) is 0 Å². The van der Waals surface area contributed by atoms with Crippen molar-refractivity contribution in [3.8, 4) is 11.1 Å². The van der Waals surface area contributed by atoms with Crippen LogP contribution in [-0.4, -0.2) is 20.6 Å². The molecule has 0 saturated heterocycles. The van der Waals surface area contributed by atoms with Gasteiger partial charge >= 0.3 is 26.2 Å². The van der Waals surface area contributed by atoms with Gasteiger partial charge in [-0.15, -0.1) is 34.5 Å². The maximum atomic E-state index is 2.42. The molecule has 7 rings (SSSR count). The second kappa shape index (κ2) is 16.1. The van der Waals surface area contributed by atoms with Gasteiger partial charge in [-0.25, -0.2) is 0 Å². The Morgan fingerprint density at radius 1 is 0.810 bits per heavy atom. The zero-order valence-electron chi connectivity index (χ0n) is 24.5. The Balaban J connectivity index is 0.000000217. The van der Waals surface area contributed by atoms with Crippen molar-refractivity contribution < 1.29 is 51.0 Å². The Kier molecular flexibility index (Phi) is 13.1. The van der Waals surface area contributed by atoms with Crippen LogP contribution in [-0.2, 0) is 26.2 Å². The van der Waals surface area contributed by atoms with E-state index in [0.717, 1.165) is 12.5 Å². The third-order valence-corrected chi connectivity index (χ3v) is 9.08. The summed E-state index contributed by atoms with van der Waals surface area (Å²) in [7, 11) is -0.313. The molecule has 5 heteroatoms. The fourth-order valence-corrected chi connectivity index (χ4v) is 7.02. The topological polar surface area (TPSA) is 3.24 Å². The fourth-order valence-electron chi connectivity index (χ4n) is 6.19. The van der Waals surface area contributed by atoms with Crippen molar-refractivity contribution in [1.29, 1.82) is 0 Å². The molecule has 0 unspecified atom stereocenters. The first-order chi connectivity index (χ1) is 19.1. The minimum atomic E-state index is -0.313. The Bertz CT molecular complexity index is 1540. The number of hydrogen-bond acceptors (Lipinski definition) is 1. The Labute approximate surface area is 285 Å². The van der Waals surface area contributed by atoms with Crippen LogP contribution in [0.25, 0.3) is 21.9 Å². The van der Waals surface area contributed by atoms with Crippen LogP contribution < -0.4 is 29.7 Å². The van der Waals surface area contributed by atoms with E-state index in [1.807, 2.05) is 0 Å². The van der Waals surface area contributed by atoms with Gasteiger partial charge in [0.25, 0.3) is 0 Å². The van der Waals surface area contributed by atoms with Crippen LogP contribution in [0.4, 0.5) is 5.69 Å². The van der Waals surface area contributed by atoms with Gasteiger partial charge in [0.15, 0.2) is 0 Å². The van der Waals surface area contributed by atoms with Crippen LogP contribution in [0.5, 0.6) is 0 Å². The minimum absolute atomic E-state index is 0. The monoisotopic (exact) mass is 684 g/mol. The van der Waals surface area contributed by atoms with Crippen molar-refractivity contribution in [2.75, 3.05) is 11.4 Å². The first-order valence-corrected chi connectivity index (χ1v) is 17.1. The van der Waals surface area contributed by atoms with Gasteiger partial charge in [0.2, 0.25) is 0 Å². The minimum Gasteiger partial charge on any atom is -1.00 e. The Morgan fingerprint density at radius 2 is 1.50 bits per heavy atom. The van der Waals surface area contributed by atoms with E-state index in [2.05, 4.69) is 133 Å².